The summed E-state index contributed by atoms with van der Waals surface area (Å²) in [5.74, 6) is 0.494. The summed E-state index contributed by atoms with van der Waals surface area (Å²) < 4.78 is 0. The number of fused-ring (bicyclic) bond motifs is 5. The quantitative estimate of drug-likeness (QED) is 0.206. The van der Waals surface area contributed by atoms with Crippen LogP contribution in [0.2, 0.25) is 0 Å². The molecular formula is C40H35N. The molecule has 8 rings (SSSR count). The normalized spacial score (nSPS) is 20.9. The minimum atomic E-state index is 0.0244. The molecule has 6 aromatic carbocycles. The third-order valence-electron chi connectivity index (χ3n) is 10.5. The fourth-order valence-electron chi connectivity index (χ4n) is 8.21. The number of hydrogen-bond donors (Lipinski definition) is 0. The van der Waals surface area contributed by atoms with E-state index >= 15 is 0 Å². The Bertz CT molecular complexity index is 1880. The minimum Gasteiger partial charge on any atom is -0.334 e. The molecule has 200 valence electrons. The molecule has 1 aliphatic carbocycles. The Labute approximate surface area is 243 Å². The van der Waals surface area contributed by atoms with Crippen LogP contribution in [-0.4, -0.2) is 5.54 Å². The maximum absolute atomic E-state index is 2.67. The van der Waals surface area contributed by atoms with Gasteiger partial charge in [-0.2, -0.15) is 0 Å². The molecule has 0 amide bonds. The Morgan fingerprint density at radius 3 is 1.66 bits per heavy atom. The summed E-state index contributed by atoms with van der Waals surface area (Å²) in [5, 5.41) is 5.26. The van der Waals surface area contributed by atoms with Crippen molar-refractivity contribution in [3.05, 3.63) is 133 Å². The van der Waals surface area contributed by atoms with E-state index in [1.165, 1.54) is 73.6 Å². The van der Waals surface area contributed by atoms with Crippen LogP contribution in [0.25, 0.3) is 43.8 Å². The Balaban J connectivity index is 1.41. The largest absolute Gasteiger partial charge is 0.334 e. The molecule has 2 atom stereocenters. The summed E-state index contributed by atoms with van der Waals surface area (Å²) in [6.45, 7) is 7.45. The molecule has 2 unspecified atom stereocenters. The SMILES string of the molecule is CC1(C)CCC2c3cc(-c4c5ccccc5c(-c5ccccc5)c5ccccc45)ccc3N(c3ccccc3)C21C. The summed E-state index contributed by atoms with van der Waals surface area (Å²) in [7, 11) is 0. The van der Waals surface area contributed by atoms with Gasteiger partial charge < -0.3 is 4.90 Å². The van der Waals surface area contributed by atoms with Gasteiger partial charge in [-0.05, 0) is 98.8 Å². The summed E-state index contributed by atoms with van der Waals surface area (Å²) in [6, 6.07) is 47.2. The van der Waals surface area contributed by atoms with Crippen LogP contribution >= 0.6 is 0 Å². The van der Waals surface area contributed by atoms with E-state index in [2.05, 4.69) is 153 Å². The Kier molecular flexibility index (Phi) is 5.26. The topological polar surface area (TPSA) is 3.24 Å². The van der Waals surface area contributed by atoms with Gasteiger partial charge in [0.1, 0.15) is 0 Å². The van der Waals surface area contributed by atoms with Gasteiger partial charge in [-0.3, -0.25) is 0 Å². The van der Waals surface area contributed by atoms with Crippen molar-refractivity contribution >= 4 is 32.9 Å². The zero-order valence-electron chi connectivity index (χ0n) is 24.1. The number of nitrogens with zero attached hydrogens (tertiary/aromatic N) is 1. The van der Waals surface area contributed by atoms with Crippen molar-refractivity contribution in [1.29, 1.82) is 0 Å². The lowest BCUT2D eigenvalue weighted by atomic mass is 9.72. The van der Waals surface area contributed by atoms with Gasteiger partial charge in [0.25, 0.3) is 0 Å². The molecular weight excluding hydrogens is 494 g/mol. The van der Waals surface area contributed by atoms with Gasteiger partial charge in [-0.25, -0.2) is 0 Å². The number of para-hydroxylation sites is 1. The number of anilines is 2. The number of rotatable bonds is 3. The van der Waals surface area contributed by atoms with Crippen LogP contribution in [0.5, 0.6) is 0 Å². The number of benzene rings is 6. The van der Waals surface area contributed by atoms with Crippen LogP contribution in [0.1, 0.15) is 45.1 Å². The summed E-state index contributed by atoms with van der Waals surface area (Å²) in [6.07, 6.45) is 2.45. The molecule has 41 heavy (non-hydrogen) atoms. The van der Waals surface area contributed by atoms with E-state index in [-0.39, 0.29) is 11.0 Å². The number of hydrogen-bond acceptors (Lipinski definition) is 1. The van der Waals surface area contributed by atoms with E-state index in [4.69, 9.17) is 0 Å². The van der Waals surface area contributed by atoms with Crippen LogP contribution in [0.15, 0.2) is 127 Å². The van der Waals surface area contributed by atoms with E-state index in [1.807, 2.05) is 0 Å². The summed E-state index contributed by atoms with van der Waals surface area (Å²) >= 11 is 0. The highest BCUT2D eigenvalue weighted by atomic mass is 15.3. The van der Waals surface area contributed by atoms with E-state index < -0.39 is 0 Å². The van der Waals surface area contributed by atoms with Crippen LogP contribution in [0.4, 0.5) is 11.4 Å². The van der Waals surface area contributed by atoms with Crippen molar-refractivity contribution in [2.75, 3.05) is 4.90 Å². The predicted molar refractivity (Wildman–Crippen MR) is 175 cm³/mol. The lowest BCUT2D eigenvalue weighted by Gasteiger charge is -2.47. The van der Waals surface area contributed by atoms with Crippen molar-refractivity contribution in [2.45, 2.75) is 45.1 Å². The van der Waals surface area contributed by atoms with Crippen LogP contribution in [0.3, 0.4) is 0 Å². The Morgan fingerprint density at radius 1 is 0.561 bits per heavy atom. The fraction of sp³-hybridized carbons (Fsp3) is 0.200. The van der Waals surface area contributed by atoms with Crippen molar-refractivity contribution in [3.8, 4) is 22.3 Å². The molecule has 0 saturated heterocycles. The van der Waals surface area contributed by atoms with E-state index in [9.17, 15) is 0 Å². The molecule has 1 fully saturated rings. The highest BCUT2D eigenvalue weighted by molar-refractivity contribution is 6.21. The predicted octanol–water partition coefficient (Wildman–Crippen LogP) is 11.1. The van der Waals surface area contributed by atoms with Crippen molar-refractivity contribution < 1.29 is 0 Å². The average Bonchev–Trinajstić information content (AvgIpc) is 3.41. The Morgan fingerprint density at radius 2 is 1.07 bits per heavy atom. The summed E-state index contributed by atoms with van der Waals surface area (Å²) in [5.41, 5.74) is 9.64. The van der Waals surface area contributed by atoms with E-state index in [0.717, 1.165) is 0 Å². The van der Waals surface area contributed by atoms with Crippen molar-refractivity contribution in [2.24, 2.45) is 5.41 Å². The maximum Gasteiger partial charge on any atom is 0.0543 e. The van der Waals surface area contributed by atoms with Gasteiger partial charge in [0.2, 0.25) is 0 Å². The lowest BCUT2D eigenvalue weighted by Crippen LogP contribution is -2.50. The summed E-state index contributed by atoms with van der Waals surface area (Å²) in [4.78, 5) is 2.67. The third-order valence-corrected chi connectivity index (χ3v) is 10.5. The molecule has 0 spiro atoms. The molecule has 1 saturated carbocycles. The van der Waals surface area contributed by atoms with Crippen LogP contribution in [0, 0.1) is 5.41 Å². The van der Waals surface area contributed by atoms with E-state index in [1.54, 1.807) is 0 Å². The molecule has 6 aromatic rings. The molecule has 1 aliphatic heterocycles. The average molecular weight is 530 g/mol. The zero-order valence-corrected chi connectivity index (χ0v) is 24.1. The Hall–Kier alpha value is -4.36. The van der Waals surface area contributed by atoms with E-state index in [0.29, 0.717) is 5.92 Å². The molecule has 0 N–H and O–H groups in total. The van der Waals surface area contributed by atoms with Gasteiger partial charge in [-0.15, -0.1) is 0 Å². The van der Waals surface area contributed by atoms with Crippen molar-refractivity contribution in [3.63, 3.8) is 0 Å². The second kappa shape index (κ2) is 8.82. The second-order valence-corrected chi connectivity index (χ2v) is 12.8. The first kappa shape index (κ1) is 24.4. The first-order valence-electron chi connectivity index (χ1n) is 15.0. The van der Waals surface area contributed by atoms with Gasteiger partial charge in [0, 0.05) is 17.3 Å². The second-order valence-electron chi connectivity index (χ2n) is 12.8. The molecule has 1 nitrogen and oxygen atoms in total. The highest BCUT2D eigenvalue weighted by Crippen LogP contribution is 2.65. The van der Waals surface area contributed by atoms with Crippen molar-refractivity contribution in [1.82, 2.24) is 0 Å². The monoisotopic (exact) mass is 529 g/mol. The maximum atomic E-state index is 2.67. The standard InChI is InChI=1S/C40H35N/c1-39(2)25-24-35-34-26-28(22-23-36(34)41(40(35,39)3)29-16-8-5-9-17-29)38-32-20-12-10-18-30(32)37(27-14-6-4-7-15-27)31-19-11-13-21-33(31)38/h4-23,26,35H,24-25H2,1-3H3. The first-order chi connectivity index (χ1) is 20.0. The van der Waals surface area contributed by atoms with Gasteiger partial charge in [-0.1, -0.05) is 117 Å². The minimum absolute atomic E-state index is 0.0244. The first-order valence-corrected chi connectivity index (χ1v) is 15.0. The molecule has 1 heterocycles. The molecule has 0 bridgehead atoms. The smallest absolute Gasteiger partial charge is 0.0543 e. The molecule has 0 aromatic heterocycles. The zero-order chi connectivity index (χ0) is 27.8. The third kappa shape index (κ3) is 3.36. The van der Waals surface area contributed by atoms with Crippen LogP contribution in [-0.2, 0) is 0 Å². The lowest BCUT2D eigenvalue weighted by molar-refractivity contribution is 0.222. The molecule has 0 radical (unpaired) electrons. The molecule has 1 heteroatoms. The highest BCUT2D eigenvalue weighted by Gasteiger charge is 2.60. The van der Waals surface area contributed by atoms with Gasteiger partial charge >= 0.3 is 0 Å². The van der Waals surface area contributed by atoms with Gasteiger partial charge in [0.15, 0.2) is 0 Å². The van der Waals surface area contributed by atoms with Gasteiger partial charge in [0.05, 0.1) is 5.54 Å². The fourth-order valence-corrected chi connectivity index (χ4v) is 8.21. The van der Waals surface area contributed by atoms with Crippen LogP contribution < -0.4 is 4.90 Å². The molecule has 2 aliphatic rings.